The van der Waals surface area contributed by atoms with Gasteiger partial charge in [-0.2, -0.15) is 5.10 Å². The van der Waals surface area contributed by atoms with Crippen molar-refractivity contribution in [3.63, 3.8) is 0 Å². The third-order valence-corrected chi connectivity index (χ3v) is 3.43. The third kappa shape index (κ3) is 3.94. The molecule has 0 saturated heterocycles. The van der Waals surface area contributed by atoms with Gasteiger partial charge in [-0.05, 0) is 23.3 Å². The minimum Gasteiger partial charge on any atom is -0.348 e. The summed E-state index contributed by atoms with van der Waals surface area (Å²) in [6.07, 6.45) is 5.07. The zero-order chi connectivity index (χ0) is 16.1. The number of benzene rings is 1. The fourth-order valence-corrected chi connectivity index (χ4v) is 2.18. The average Bonchev–Trinajstić information content (AvgIpc) is 3.07. The first-order valence-corrected chi connectivity index (χ1v) is 7.23. The molecular weight excluding hydrogens is 292 g/mol. The normalized spacial score (nSPS) is 10.4. The lowest BCUT2D eigenvalue weighted by Crippen LogP contribution is -2.23. The molecule has 1 aromatic carbocycles. The van der Waals surface area contributed by atoms with E-state index in [4.69, 9.17) is 0 Å². The lowest BCUT2D eigenvalue weighted by Gasteiger charge is -2.07. The van der Waals surface area contributed by atoms with Crippen LogP contribution in [0, 0.1) is 0 Å². The number of carbonyl (C=O) groups is 1. The van der Waals surface area contributed by atoms with E-state index in [0.717, 1.165) is 17.7 Å². The Kier molecular flexibility index (Phi) is 4.33. The number of hydrogen-bond donors (Lipinski definition) is 2. The molecule has 0 atom stereocenters. The van der Waals surface area contributed by atoms with Crippen LogP contribution in [0.2, 0.25) is 0 Å². The molecule has 2 N–H and O–H groups in total. The summed E-state index contributed by atoms with van der Waals surface area (Å²) in [4.78, 5) is 25.4. The van der Waals surface area contributed by atoms with E-state index >= 15 is 0 Å². The van der Waals surface area contributed by atoms with Crippen molar-refractivity contribution in [3.8, 4) is 0 Å². The van der Waals surface area contributed by atoms with Gasteiger partial charge in [0, 0.05) is 31.2 Å². The standard InChI is InChI=1S/C17H16N4O2/c22-16-7-6-15(11-18-16)17(23)19-10-13-2-4-14(5-3-13)12-21-9-1-8-20-21/h1-9,11H,10,12H2,(H,18,22)(H,19,23). The average molecular weight is 308 g/mol. The molecule has 6 heteroatoms. The molecule has 0 unspecified atom stereocenters. The van der Waals surface area contributed by atoms with Crippen LogP contribution >= 0.6 is 0 Å². The van der Waals surface area contributed by atoms with Crippen molar-refractivity contribution in [2.45, 2.75) is 13.1 Å². The van der Waals surface area contributed by atoms with Crippen LogP contribution < -0.4 is 10.9 Å². The lowest BCUT2D eigenvalue weighted by atomic mass is 10.1. The summed E-state index contributed by atoms with van der Waals surface area (Å²) in [5.74, 6) is -0.220. The molecule has 0 spiro atoms. The molecule has 0 saturated carbocycles. The highest BCUT2D eigenvalue weighted by molar-refractivity contribution is 5.93. The molecule has 0 aliphatic heterocycles. The topological polar surface area (TPSA) is 79.8 Å². The van der Waals surface area contributed by atoms with Crippen molar-refractivity contribution in [1.82, 2.24) is 20.1 Å². The van der Waals surface area contributed by atoms with Gasteiger partial charge in [-0.15, -0.1) is 0 Å². The maximum atomic E-state index is 12.0. The quantitative estimate of drug-likeness (QED) is 0.750. The molecule has 3 aromatic rings. The van der Waals surface area contributed by atoms with Crippen molar-refractivity contribution in [1.29, 1.82) is 0 Å². The zero-order valence-corrected chi connectivity index (χ0v) is 12.4. The van der Waals surface area contributed by atoms with Gasteiger partial charge >= 0.3 is 0 Å². The Morgan fingerprint density at radius 2 is 1.91 bits per heavy atom. The molecule has 2 heterocycles. The highest BCUT2D eigenvalue weighted by atomic mass is 16.1. The minimum atomic E-state index is -0.227. The largest absolute Gasteiger partial charge is 0.348 e. The van der Waals surface area contributed by atoms with Gasteiger partial charge in [-0.25, -0.2) is 0 Å². The number of pyridine rings is 1. The van der Waals surface area contributed by atoms with Gasteiger partial charge in [0.2, 0.25) is 5.56 Å². The minimum absolute atomic E-state index is 0.220. The van der Waals surface area contributed by atoms with Crippen LogP contribution in [0.25, 0.3) is 0 Å². The molecule has 0 aliphatic carbocycles. The van der Waals surface area contributed by atoms with Crippen LogP contribution in [-0.4, -0.2) is 20.7 Å². The molecule has 3 rings (SSSR count). The van der Waals surface area contributed by atoms with Crippen molar-refractivity contribution in [3.05, 3.63) is 88.1 Å². The maximum Gasteiger partial charge on any atom is 0.253 e. The number of nitrogens with zero attached hydrogens (tertiary/aromatic N) is 2. The Morgan fingerprint density at radius 3 is 2.57 bits per heavy atom. The Balaban J connectivity index is 1.57. The second-order valence-electron chi connectivity index (χ2n) is 5.14. The van der Waals surface area contributed by atoms with E-state index < -0.39 is 0 Å². The highest BCUT2D eigenvalue weighted by Gasteiger charge is 2.05. The smallest absolute Gasteiger partial charge is 0.253 e. The maximum absolute atomic E-state index is 12.0. The predicted octanol–water partition coefficient (Wildman–Crippen LogP) is 1.55. The first kappa shape index (κ1) is 14.8. The Bertz CT molecular complexity index is 815. The van der Waals surface area contributed by atoms with E-state index in [1.807, 2.05) is 41.2 Å². The van der Waals surface area contributed by atoms with Gasteiger partial charge in [0.1, 0.15) is 0 Å². The summed E-state index contributed by atoms with van der Waals surface area (Å²) in [5.41, 5.74) is 2.35. The number of aromatic amines is 1. The molecule has 0 aliphatic rings. The van der Waals surface area contributed by atoms with E-state index in [0.29, 0.717) is 12.1 Å². The van der Waals surface area contributed by atoms with E-state index in [1.54, 1.807) is 6.20 Å². The van der Waals surface area contributed by atoms with Gasteiger partial charge in [0.05, 0.1) is 12.1 Å². The molecule has 0 radical (unpaired) electrons. The molecule has 116 valence electrons. The van der Waals surface area contributed by atoms with Gasteiger partial charge in [0.25, 0.3) is 5.91 Å². The molecule has 6 nitrogen and oxygen atoms in total. The lowest BCUT2D eigenvalue weighted by molar-refractivity contribution is 0.0950. The number of H-pyrrole nitrogens is 1. The van der Waals surface area contributed by atoms with Crippen LogP contribution in [0.5, 0.6) is 0 Å². The van der Waals surface area contributed by atoms with E-state index in [1.165, 1.54) is 18.3 Å². The van der Waals surface area contributed by atoms with Gasteiger partial charge in [0.15, 0.2) is 0 Å². The van der Waals surface area contributed by atoms with Crippen molar-refractivity contribution < 1.29 is 4.79 Å². The molecular formula is C17H16N4O2. The van der Waals surface area contributed by atoms with Crippen LogP contribution in [0.1, 0.15) is 21.5 Å². The summed E-state index contributed by atoms with van der Waals surface area (Å²) in [7, 11) is 0. The Labute approximate surface area is 132 Å². The predicted molar refractivity (Wildman–Crippen MR) is 86.0 cm³/mol. The number of carbonyl (C=O) groups excluding carboxylic acids is 1. The number of aromatic nitrogens is 3. The summed E-state index contributed by atoms with van der Waals surface area (Å²) < 4.78 is 1.85. The van der Waals surface area contributed by atoms with Crippen LogP contribution in [0.3, 0.4) is 0 Å². The fraction of sp³-hybridized carbons (Fsp3) is 0.118. The van der Waals surface area contributed by atoms with E-state index in [9.17, 15) is 9.59 Å². The summed E-state index contributed by atoms with van der Waals surface area (Å²) >= 11 is 0. The Hall–Kier alpha value is -3.15. The van der Waals surface area contributed by atoms with Gasteiger partial charge in [-0.1, -0.05) is 24.3 Å². The van der Waals surface area contributed by atoms with Gasteiger partial charge in [-0.3, -0.25) is 14.3 Å². The van der Waals surface area contributed by atoms with Gasteiger partial charge < -0.3 is 10.3 Å². The molecule has 2 aromatic heterocycles. The third-order valence-electron chi connectivity index (χ3n) is 3.43. The highest BCUT2D eigenvalue weighted by Crippen LogP contribution is 2.06. The second-order valence-corrected chi connectivity index (χ2v) is 5.14. The van der Waals surface area contributed by atoms with Crippen LogP contribution in [0.4, 0.5) is 0 Å². The first-order chi connectivity index (χ1) is 11.2. The Morgan fingerprint density at radius 1 is 1.13 bits per heavy atom. The summed E-state index contributed by atoms with van der Waals surface area (Å²) in [5, 5.41) is 6.99. The molecule has 1 amide bonds. The first-order valence-electron chi connectivity index (χ1n) is 7.23. The molecule has 23 heavy (non-hydrogen) atoms. The summed E-state index contributed by atoms with van der Waals surface area (Å²) in [6.45, 7) is 1.15. The summed E-state index contributed by atoms with van der Waals surface area (Å²) in [6, 6.07) is 12.7. The number of nitrogens with one attached hydrogen (secondary N) is 2. The zero-order valence-electron chi connectivity index (χ0n) is 12.4. The van der Waals surface area contributed by atoms with E-state index in [-0.39, 0.29) is 11.5 Å². The number of rotatable bonds is 5. The second kappa shape index (κ2) is 6.74. The SMILES string of the molecule is O=C(NCc1ccc(Cn2cccn2)cc1)c1ccc(=O)[nH]c1. The fourth-order valence-electron chi connectivity index (χ4n) is 2.18. The molecule has 0 fully saturated rings. The van der Waals surface area contributed by atoms with Crippen LogP contribution in [0.15, 0.2) is 65.8 Å². The van der Waals surface area contributed by atoms with Crippen molar-refractivity contribution in [2.24, 2.45) is 0 Å². The molecule has 0 bridgehead atoms. The van der Waals surface area contributed by atoms with Crippen LogP contribution in [-0.2, 0) is 13.1 Å². The number of hydrogen-bond acceptors (Lipinski definition) is 3. The van der Waals surface area contributed by atoms with Crippen molar-refractivity contribution >= 4 is 5.91 Å². The monoisotopic (exact) mass is 308 g/mol. The van der Waals surface area contributed by atoms with Crippen molar-refractivity contribution in [2.75, 3.05) is 0 Å². The van der Waals surface area contributed by atoms with E-state index in [2.05, 4.69) is 15.4 Å². The number of amides is 1.